The molecular weight excluding hydrogens is 335 g/mol. The van der Waals surface area contributed by atoms with Crippen molar-refractivity contribution in [2.75, 3.05) is 6.61 Å². The highest BCUT2D eigenvalue weighted by Crippen LogP contribution is 2.25. The van der Waals surface area contributed by atoms with Gasteiger partial charge in [-0.05, 0) is 42.8 Å². The molecule has 0 heterocycles. The van der Waals surface area contributed by atoms with Crippen LogP contribution >= 0.6 is 23.2 Å². The molecule has 1 unspecified atom stereocenters. The lowest BCUT2D eigenvalue weighted by atomic mass is 10.1. The number of carbonyl (C=O) groups excluding carboxylic acids is 1. The fourth-order valence-electron chi connectivity index (χ4n) is 1.97. The van der Waals surface area contributed by atoms with Gasteiger partial charge in [0.05, 0.1) is 22.7 Å². The predicted octanol–water partition coefficient (Wildman–Crippen LogP) is 4.12. The van der Waals surface area contributed by atoms with Crippen LogP contribution in [0.1, 0.15) is 24.1 Å². The highest BCUT2D eigenvalue weighted by Gasteiger charge is 2.11. The van der Waals surface area contributed by atoms with Crippen molar-refractivity contribution in [3.05, 3.63) is 63.6 Å². The van der Waals surface area contributed by atoms with E-state index >= 15 is 0 Å². The second kappa shape index (κ2) is 7.87. The van der Waals surface area contributed by atoms with Crippen LogP contribution < -0.4 is 10.1 Å². The number of carbonyl (C=O) groups is 1. The lowest BCUT2D eigenvalue weighted by Gasteiger charge is -2.15. The summed E-state index contributed by atoms with van der Waals surface area (Å²) in [5, 5.41) is 12.5. The van der Waals surface area contributed by atoms with E-state index in [9.17, 15) is 4.79 Å². The third kappa shape index (κ3) is 4.88. The van der Waals surface area contributed by atoms with Crippen molar-refractivity contribution in [1.29, 1.82) is 5.26 Å². The number of halogens is 2. The average molecular weight is 349 g/mol. The molecule has 2 aromatic carbocycles. The third-order valence-corrected chi connectivity index (χ3v) is 3.68. The van der Waals surface area contributed by atoms with Crippen molar-refractivity contribution in [1.82, 2.24) is 5.32 Å². The molecule has 1 N–H and O–H groups in total. The molecule has 6 heteroatoms. The van der Waals surface area contributed by atoms with Crippen LogP contribution in [-0.2, 0) is 4.79 Å². The molecule has 1 amide bonds. The lowest BCUT2D eigenvalue weighted by Crippen LogP contribution is -2.31. The van der Waals surface area contributed by atoms with E-state index in [1.165, 1.54) is 6.07 Å². The van der Waals surface area contributed by atoms with Gasteiger partial charge in [0, 0.05) is 5.02 Å². The first-order valence-electron chi connectivity index (χ1n) is 6.87. The summed E-state index contributed by atoms with van der Waals surface area (Å²) in [4.78, 5) is 12.0. The fraction of sp³-hybridized carbons (Fsp3) is 0.176. The van der Waals surface area contributed by atoms with Gasteiger partial charge in [0.1, 0.15) is 5.75 Å². The zero-order valence-electron chi connectivity index (χ0n) is 12.3. The summed E-state index contributed by atoms with van der Waals surface area (Å²) in [7, 11) is 0. The van der Waals surface area contributed by atoms with Crippen LogP contribution in [0.2, 0.25) is 10.0 Å². The van der Waals surface area contributed by atoms with Gasteiger partial charge in [-0.1, -0.05) is 35.3 Å². The molecule has 23 heavy (non-hydrogen) atoms. The molecule has 0 aliphatic rings. The maximum atomic E-state index is 12.0. The van der Waals surface area contributed by atoms with Gasteiger partial charge >= 0.3 is 0 Å². The normalized spacial score (nSPS) is 11.4. The van der Waals surface area contributed by atoms with E-state index < -0.39 is 0 Å². The lowest BCUT2D eigenvalue weighted by molar-refractivity contribution is -0.123. The summed E-state index contributed by atoms with van der Waals surface area (Å²) < 4.78 is 5.38. The smallest absolute Gasteiger partial charge is 0.258 e. The molecule has 0 aliphatic carbocycles. The van der Waals surface area contributed by atoms with Crippen LogP contribution in [0.4, 0.5) is 0 Å². The minimum absolute atomic E-state index is 0.170. The van der Waals surface area contributed by atoms with Crippen LogP contribution in [0.15, 0.2) is 42.5 Å². The van der Waals surface area contributed by atoms with Gasteiger partial charge in [0.15, 0.2) is 6.61 Å². The number of amides is 1. The number of ether oxygens (including phenoxy) is 1. The van der Waals surface area contributed by atoms with Crippen molar-refractivity contribution < 1.29 is 9.53 Å². The fourth-order valence-corrected chi connectivity index (χ4v) is 2.41. The van der Waals surface area contributed by atoms with Crippen molar-refractivity contribution in [3.63, 3.8) is 0 Å². The zero-order valence-corrected chi connectivity index (χ0v) is 13.9. The quantitative estimate of drug-likeness (QED) is 0.883. The number of benzene rings is 2. The number of nitrogens with zero attached hydrogens (tertiary/aromatic N) is 1. The maximum absolute atomic E-state index is 12.0. The molecule has 0 fully saturated rings. The first-order chi connectivity index (χ1) is 11.0. The Morgan fingerprint density at radius 1 is 1.30 bits per heavy atom. The Morgan fingerprint density at radius 3 is 2.74 bits per heavy atom. The topological polar surface area (TPSA) is 62.1 Å². The average Bonchev–Trinajstić information content (AvgIpc) is 2.53. The molecule has 2 rings (SSSR count). The van der Waals surface area contributed by atoms with Crippen LogP contribution in [0.3, 0.4) is 0 Å². The molecule has 1 atom stereocenters. The van der Waals surface area contributed by atoms with E-state index in [0.29, 0.717) is 21.4 Å². The van der Waals surface area contributed by atoms with Crippen molar-refractivity contribution in [2.24, 2.45) is 0 Å². The van der Waals surface area contributed by atoms with E-state index in [0.717, 1.165) is 5.56 Å². The second-order valence-corrected chi connectivity index (χ2v) is 5.73. The maximum Gasteiger partial charge on any atom is 0.258 e. The summed E-state index contributed by atoms with van der Waals surface area (Å²) in [5.41, 5.74) is 1.34. The molecule has 0 radical (unpaired) electrons. The van der Waals surface area contributed by atoms with Crippen molar-refractivity contribution in [3.8, 4) is 11.8 Å². The molecule has 0 aliphatic heterocycles. The first kappa shape index (κ1) is 17.1. The molecule has 0 saturated carbocycles. The van der Waals surface area contributed by atoms with Crippen LogP contribution in [0, 0.1) is 11.3 Å². The van der Waals surface area contributed by atoms with Gasteiger partial charge in [-0.25, -0.2) is 0 Å². The molecule has 118 valence electrons. The Bertz CT molecular complexity index is 756. The highest BCUT2D eigenvalue weighted by atomic mass is 35.5. The number of hydrogen-bond donors (Lipinski definition) is 1. The van der Waals surface area contributed by atoms with Crippen LogP contribution in [0.5, 0.6) is 5.75 Å². The minimum Gasteiger partial charge on any atom is -0.482 e. The Morgan fingerprint density at radius 2 is 2.09 bits per heavy atom. The molecular formula is C17H14Cl2N2O2. The summed E-state index contributed by atoms with van der Waals surface area (Å²) in [6, 6.07) is 13.7. The van der Waals surface area contributed by atoms with Gasteiger partial charge in [0.2, 0.25) is 0 Å². The molecule has 0 saturated heterocycles. The number of nitrogens with one attached hydrogen (secondary N) is 1. The van der Waals surface area contributed by atoms with E-state index in [1.54, 1.807) is 24.3 Å². The monoisotopic (exact) mass is 348 g/mol. The van der Waals surface area contributed by atoms with E-state index in [2.05, 4.69) is 5.32 Å². The molecule has 0 spiro atoms. The molecule has 2 aromatic rings. The van der Waals surface area contributed by atoms with Gasteiger partial charge in [-0.3, -0.25) is 4.79 Å². The number of hydrogen-bond acceptors (Lipinski definition) is 3. The Balaban J connectivity index is 1.91. The van der Waals surface area contributed by atoms with Gasteiger partial charge in [-0.15, -0.1) is 0 Å². The van der Waals surface area contributed by atoms with Crippen LogP contribution in [0.25, 0.3) is 0 Å². The third-order valence-electron chi connectivity index (χ3n) is 3.15. The SMILES string of the molecule is CC(NC(=O)COc1ccc(C#N)cc1Cl)c1cccc(Cl)c1. The van der Waals surface area contributed by atoms with Crippen molar-refractivity contribution >= 4 is 29.1 Å². The standard InChI is InChI=1S/C17H14Cl2N2O2/c1-11(13-3-2-4-14(18)8-13)21-17(22)10-23-16-6-5-12(9-20)7-15(16)19/h2-8,11H,10H2,1H3,(H,21,22). The Kier molecular flexibility index (Phi) is 5.86. The highest BCUT2D eigenvalue weighted by molar-refractivity contribution is 6.32. The van der Waals surface area contributed by atoms with Crippen LogP contribution in [-0.4, -0.2) is 12.5 Å². The van der Waals surface area contributed by atoms with Gasteiger partial charge < -0.3 is 10.1 Å². The van der Waals surface area contributed by atoms with Crippen molar-refractivity contribution in [2.45, 2.75) is 13.0 Å². The number of nitriles is 1. The zero-order chi connectivity index (χ0) is 16.8. The molecule has 0 aromatic heterocycles. The first-order valence-corrected chi connectivity index (χ1v) is 7.62. The number of rotatable bonds is 5. The van der Waals surface area contributed by atoms with E-state index in [-0.39, 0.29) is 18.6 Å². The molecule has 0 bridgehead atoms. The summed E-state index contributed by atoms with van der Waals surface area (Å²) in [6.07, 6.45) is 0. The van der Waals surface area contributed by atoms with Gasteiger partial charge in [0.25, 0.3) is 5.91 Å². The van der Waals surface area contributed by atoms with Gasteiger partial charge in [-0.2, -0.15) is 5.26 Å². The Hall–Kier alpha value is -2.22. The predicted molar refractivity (Wildman–Crippen MR) is 89.7 cm³/mol. The summed E-state index contributed by atoms with van der Waals surface area (Å²) >= 11 is 11.9. The van der Waals surface area contributed by atoms with E-state index in [1.807, 2.05) is 25.1 Å². The minimum atomic E-state index is -0.280. The Labute approximate surface area is 144 Å². The second-order valence-electron chi connectivity index (χ2n) is 4.89. The van der Waals surface area contributed by atoms with E-state index in [4.69, 9.17) is 33.2 Å². The summed E-state index contributed by atoms with van der Waals surface area (Å²) in [5.74, 6) is 0.0779. The largest absolute Gasteiger partial charge is 0.482 e. The summed E-state index contributed by atoms with van der Waals surface area (Å²) in [6.45, 7) is 1.69. The molecule has 4 nitrogen and oxygen atoms in total.